The number of aromatic hydroxyl groups is 1. The van der Waals surface area contributed by atoms with Crippen molar-refractivity contribution in [3.8, 4) is 17.0 Å². The van der Waals surface area contributed by atoms with Gasteiger partial charge in [-0.15, -0.1) is 0 Å². The first-order chi connectivity index (χ1) is 8.52. The van der Waals surface area contributed by atoms with Crippen molar-refractivity contribution in [3.05, 3.63) is 47.4 Å². The van der Waals surface area contributed by atoms with Gasteiger partial charge in [0.15, 0.2) is 11.6 Å². The van der Waals surface area contributed by atoms with E-state index in [0.29, 0.717) is 18.1 Å². The van der Waals surface area contributed by atoms with Crippen LogP contribution in [0.1, 0.15) is 12.5 Å². The number of hydrogen-bond acceptors (Lipinski definition) is 2. The molecule has 2 nitrogen and oxygen atoms in total. The van der Waals surface area contributed by atoms with Crippen LogP contribution in [-0.4, -0.2) is 10.1 Å². The average molecular weight is 253 g/mol. The van der Waals surface area contributed by atoms with Crippen molar-refractivity contribution in [2.24, 2.45) is 0 Å². The summed E-state index contributed by atoms with van der Waals surface area (Å²) in [5.74, 6) is -3.01. The number of benzene rings is 1. The van der Waals surface area contributed by atoms with Crippen LogP contribution in [0.15, 0.2) is 24.4 Å². The molecule has 0 saturated heterocycles. The van der Waals surface area contributed by atoms with E-state index in [4.69, 9.17) is 5.11 Å². The molecule has 0 bridgehead atoms. The first-order valence-electron chi connectivity index (χ1n) is 5.35. The van der Waals surface area contributed by atoms with Gasteiger partial charge in [-0.05, 0) is 24.1 Å². The molecule has 2 rings (SSSR count). The van der Waals surface area contributed by atoms with Gasteiger partial charge in [-0.3, -0.25) is 4.98 Å². The summed E-state index contributed by atoms with van der Waals surface area (Å²) in [6.07, 6.45) is 1.39. The van der Waals surface area contributed by atoms with Gasteiger partial charge in [-0.2, -0.15) is 0 Å². The molecule has 5 heteroatoms. The van der Waals surface area contributed by atoms with E-state index in [1.807, 2.05) is 0 Å². The van der Waals surface area contributed by atoms with Crippen LogP contribution in [0.25, 0.3) is 11.3 Å². The number of phenols is 1. The number of pyridine rings is 1. The normalized spacial score (nSPS) is 10.7. The second kappa shape index (κ2) is 4.68. The lowest BCUT2D eigenvalue weighted by Gasteiger charge is -2.06. The number of nitrogens with zero attached hydrogens (tertiary/aromatic N) is 1. The summed E-state index contributed by atoms with van der Waals surface area (Å²) < 4.78 is 40.0. The van der Waals surface area contributed by atoms with Crippen molar-refractivity contribution in [2.75, 3.05) is 0 Å². The Morgan fingerprint density at radius 2 is 1.78 bits per heavy atom. The molecule has 1 heterocycles. The highest BCUT2D eigenvalue weighted by Crippen LogP contribution is 2.28. The third-order valence-corrected chi connectivity index (χ3v) is 2.63. The van der Waals surface area contributed by atoms with Crippen molar-refractivity contribution in [1.29, 1.82) is 0 Å². The van der Waals surface area contributed by atoms with Gasteiger partial charge in [0.25, 0.3) is 0 Å². The molecule has 0 amide bonds. The van der Waals surface area contributed by atoms with Crippen LogP contribution in [-0.2, 0) is 6.42 Å². The summed E-state index contributed by atoms with van der Waals surface area (Å²) in [5, 5.41) is 9.02. The topological polar surface area (TPSA) is 33.1 Å². The molecule has 0 unspecified atom stereocenters. The van der Waals surface area contributed by atoms with Gasteiger partial charge in [-0.1, -0.05) is 6.92 Å². The minimum Gasteiger partial charge on any atom is -0.505 e. The highest BCUT2D eigenvalue weighted by Gasteiger charge is 2.13. The van der Waals surface area contributed by atoms with Gasteiger partial charge in [0, 0.05) is 11.6 Å². The molecule has 0 aliphatic rings. The second-order valence-corrected chi connectivity index (χ2v) is 3.80. The fourth-order valence-corrected chi connectivity index (χ4v) is 1.63. The summed E-state index contributed by atoms with van der Waals surface area (Å²) in [5.41, 5.74) is 0.387. The lowest BCUT2D eigenvalue weighted by molar-refractivity contribution is 0.427. The SMILES string of the molecule is CCc1cc(-c2cc(F)c(O)cc2F)ncc1F. The monoisotopic (exact) mass is 253 g/mol. The Morgan fingerprint density at radius 1 is 1.06 bits per heavy atom. The minimum absolute atomic E-state index is 0.111. The molecule has 1 aromatic carbocycles. The van der Waals surface area contributed by atoms with Crippen LogP contribution in [0.4, 0.5) is 13.2 Å². The molecule has 18 heavy (non-hydrogen) atoms. The Hall–Kier alpha value is -2.04. The predicted octanol–water partition coefficient (Wildman–Crippen LogP) is 3.43. The lowest BCUT2D eigenvalue weighted by atomic mass is 10.1. The van der Waals surface area contributed by atoms with Crippen LogP contribution in [0.2, 0.25) is 0 Å². The zero-order chi connectivity index (χ0) is 13.3. The Kier molecular flexibility index (Phi) is 3.23. The van der Waals surface area contributed by atoms with Crippen molar-refractivity contribution in [2.45, 2.75) is 13.3 Å². The van der Waals surface area contributed by atoms with Crippen molar-refractivity contribution >= 4 is 0 Å². The molecular formula is C13H10F3NO. The van der Waals surface area contributed by atoms with Crippen LogP contribution in [0, 0.1) is 17.5 Å². The maximum Gasteiger partial charge on any atom is 0.165 e. The number of aromatic nitrogens is 1. The van der Waals surface area contributed by atoms with E-state index in [1.54, 1.807) is 6.92 Å². The Morgan fingerprint density at radius 3 is 2.44 bits per heavy atom. The Labute approximate surface area is 102 Å². The molecule has 1 N–H and O–H groups in total. The standard InChI is InChI=1S/C13H10F3NO/c1-2-7-3-12(17-6-11(7)16)8-4-10(15)13(18)5-9(8)14/h3-6,18H,2H2,1H3. The van der Waals surface area contributed by atoms with Crippen molar-refractivity contribution < 1.29 is 18.3 Å². The van der Waals surface area contributed by atoms with E-state index >= 15 is 0 Å². The smallest absolute Gasteiger partial charge is 0.165 e. The van der Waals surface area contributed by atoms with Crippen LogP contribution >= 0.6 is 0 Å². The Balaban J connectivity index is 2.58. The quantitative estimate of drug-likeness (QED) is 0.889. The molecule has 0 atom stereocenters. The third kappa shape index (κ3) is 2.16. The molecule has 0 aliphatic carbocycles. The van der Waals surface area contributed by atoms with Crippen LogP contribution in [0.3, 0.4) is 0 Å². The number of hydrogen-bond donors (Lipinski definition) is 1. The molecule has 0 radical (unpaired) electrons. The molecular weight excluding hydrogens is 243 g/mol. The minimum atomic E-state index is -0.949. The van der Waals surface area contributed by atoms with Gasteiger partial charge in [0.2, 0.25) is 0 Å². The molecule has 2 aromatic rings. The van der Waals surface area contributed by atoms with Gasteiger partial charge in [0.05, 0.1) is 11.9 Å². The second-order valence-electron chi connectivity index (χ2n) is 3.80. The molecule has 0 spiro atoms. The average Bonchev–Trinajstić information content (AvgIpc) is 2.35. The van der Waals surface area contributed by atoms with E-state index in [-0.39, 0.29) is 11.3 Å². The first kappa shape index (κ1) is 12.4. The number of aryl methyl sites for hydroxylation is 1. The maximum absolute atomic E-state index is 13.6. The van der Waals surface area contributed by atoms with Crippen LogP contribution < -0.4 is 0 Å². The van der Waals surface area contributed by atoms with E-state index in [9.17, 15) is 13.2 Å². The first-order valence-corrected chi connectivity index (χ1v) is 5.35. The summed E-state index contributed by atoms with van der Waals surface area (Å²) in [4.78, 5) is 3.73. The van der Waals surface area contributed by atoms with E-state index in [0.717, 1.165) is 12.3 Å². The highest BCUT2D eigenvalue weighted by atomic mass is 19.1. The largest absolute Gasteiger partial charge is 0.505 e. The Bertz CT molecular complexity index is 599. The van der Waals surface area contributed by atoms with E-state index < -0.39 is 23.2 Å². The molecule has 0 aliphatic heterocycles. The van der Waals surface area contributed by atoms with Crippen molar-refractivity contribution in [3.63, 3.8) is 0 Å². The number of phenolic OH excluding ortho intramolecular Hbond substituents is 1. The van der Waals surface area contributed by atoms with Crippen molar-refractivity contribution in [1.82, 2.24) is 4.98 Å². The highest BCUT2D eigenvalue weighted by molar-refractivity contribution is 5.62. The summed E-state index contributed by atoms with van der Waals surface area (Å²) >= 11 is 0. The third-order valence-electron chi connectivity index (χ3n) is 2.63. The molecule has 1 aromatic heterocycles. The van der Waals surface area contributed by atoms with Gasteiger partial charge < -0.3 is 5.11 Å². The zero-order valence-corrected chi connectivity index (χ0v) is 9.54. The van der Waals surface area contributed by atoms with Gasteiger partial charge in [-0.25, -0.2) is 13.2 Å². The summed E-state index contributed by atoms with van der Waals surface area (Å²) in [6.45, 7) is 1.75. The van der Waals surface area contributed by atoms with Gasteiger partial charge in [0.1, 0.15) is 11.6 Å². The van der Waals surface area contributed by atoms with Crippen LogP contribution in [0.5, 0.6) is 5.75 Å². The van der Waals surface area contributed by atoms with Gasteiger partial charge >= 0.3 is 0 Å². The maximum atomic E-state index is 13.6. The van der Waals surface area contributed by atoms with E-state index in [1.165, 1.54) is 6.07 Å². The summed E-state index contributed by atoms with van der Waals surface area (Å²) in [6, 6.07) is 2.87. The molecule has 0 fully saturated rings. The molecule has 94 valence electrons. The fourth-order valence-electron chi connectivity index (χ4n) is 1.63. The zero-order valence-electron chi connectivity index (χ0n) is 9.54. The number of halogens is 3. The lowest BCUT2D eigenvalue weighted by Crippen LogP contribution is -1.95. The summed E-state index contributed by atoms with van der Waals surface area (Å²) in [7, 11) is 0. The number of rotatable bonds is 2. The molecule has 0 saturated carbocycles. The van der Waals surface area contributed by atoms with E-state index in [2.05, 4.69) is 4.98 Å². The fraction of sp³-hybridized carbons (Fsp3) is 0.154. The predicted molar refractivity (Wildman–Crippen MR) is 60.6 cm³/mol.